The molecule has 130 valence electrons. The Balaban J connectivity index is 1.69. The number of nitrogens with one attached hydrogen (secondary N) is 1. The summed E-state index contributed by atoms with van der Waals surface area (Å²) >= 11 is 5.84. The number of hydrogen-bond acceptors (Lipinski definition) is 3. The fourth-order valence-electron chi connectivity index (χ4n) is 2.51. The van der Waals surface area contributed by atoms with Gasteiger partial charge < -0.3 is 5.32 Å². The van der Waals surface area contributed by atoms with Crippen LogP contribution in [0.15, 0.2) is 73.1 Å². The molecule has 0 unspecified atom stereocenters. The molecule has 1 N–H and O–H groups in total. The minimum atomic E-state index is -0.165. The highest BCUT2D eigenvalue weighted by molar-refractivity contribution is 6.29. The number of pyridine rings is 2. The Labute approximate surface area is 157 Å². The molecule has 26 heavy (non-hydrogen) atoms. The van der Waals surface area contributed by atoms with Gasteiger partial charge in [0.05, 0.1) is 11.7 Å². The molecule has 0 radical (unpaired) electrons. The van der Waals surface area contributed by atoms with Crippen molar-refractivity contribution >= 4 is 23.6 Å². The van der Waals surface area contributed by atoms with E-state index in [1.165, 1.54) is 6.08 Å². The molecule has 1 aromatic carbocycles. The van der Waals surface area contributed by atoms with Gasteiger partial charge in [-0.05, 0) is 54.5 Å². The van der Waals surface area contributed by atoms with Gasteiger partial charge in [0.1, 0.15) is 5.15 Å². The van der Waals surface area contributed by atoms with Crippen molar-refractivity contribution in [3.63, 3.8) is 0 Å². The van der Waals surface area contributed by atoms with Crippen molar-refractivity contribution in [2.45, 2.75) is 13.0 Å². The SMILES string of the molecule is C[C@H](NC(=O)/C=C\c1ccccn1)c1cccc(-c2ccc(Cl)nc2)c1. The van der Waals surface area contributed by atoms with E-state index < -0.39 is 0 Å². The normalized spacial score (nSPS) is 12.1. The van der Waals surface area contributed by atoms with Crippen molar-refractivity contribution in [2.75, 3.05) is 0 Å². The minimum Gasteiger partial charge on any atom is -0.346 e. The van der Waals surface area contributed by atoms with Crippen LogP contribution in [0.4, 0.5) is 0 Å². The first-order chi connectivity index (χ1) is 12.6. The molecule has 1 atom stereocenters. The van der Waals surface area contributed by atoms with E-state index in [0.717, 1.165) is 22.4 Å². The second kappa shape index (κ2) is 8.41. The van der Waals surface area contributed by atoms with E-state index >= 15 is 0 Å². The Morgan fingerprint density at radius 3 is 2.69 bits per heavy atom. The zero-order valence-corrected chi connectivity index (χ0v) is 15.0. The van der Waals surface area contributed by atoms with Gasteiger partial charge in [-0.15, -0.1) is 0 Å². The lowest BCUT2D eigenvalue weighted by molar-refractivity contribution is -0.117. The summed E-state index contributed by atoms with van der Waals surface area (Å²) in [6.07, 6.45) is 6.61. The van der Waals surface area contributed by atoms with E-state index in [0.29, 0.717) is 5.15 Å². The summed E-state index contributed by atoms with van der Waals surface area (Å²) in [7, 11) is 0. The van der Waals surface area contributed by atoms with Crippen LogP contribution in [0.25, 0.3) is 17.2 Å². The quantitative estimate of drug-likeness (QED) is 0.528. The van der Waals surface area contributed by atoms with E-state index in [4.69, 9.17) is 11.6 Å². The molecule has 3 aromatic rings. The molecule has 0 bridgehead atoms. The fourth-order valence-corrected chi connectivity index (χ4v) is 2.63. The Kier molecular flexibility index (Phi) is 5.77. The lowest BCUT2D eigenvalue weighted by Crippen LogP contribution is -2.24. The maximum absolute atomic E-state index is 12.1. The number of carbonyl (C=O) groups excluding carboxylic acids is 1. The molecule has 4 nitrogen and oxygen atoms in total. The number of aromatic nitrogens is 2. The van der Waals surface area contributed by atoms with E-state index in [2.05, 4.69) is 15.3 Å². The Bertz CT molecular complexity index is 908. The number of amides is 1. The molecule has 0 spiro atoms. The van der Waals surface area contributed by atoms with Crippen molar-refractivity contribution in [3.05, 3.63) is 89.5 Å². The van der Waals surface area contributed by atoms with Crippen molar-refractivity contribution in [1.82, 2.24) is 15.3 Å². The summed E-state index contributed by atoms with van der Waals surface area (Å²) in [6.45, 7) is 1.95. The Hall–Kier alpha value is -2.98. The van der Waals surface area contributed by atoms with Crippen molar-refractivity contribution in [2.24, 2.45) is 0 Å². The molecule has 0 saturated carbocycles. The summed E-state index contributed by atoms with van der Waals surface area (Å²) in [5, 5.41) is 3.43. The highest BCUT2D eigenvalue weighted by Gasteiger charge is 2.09. The lowest BCUT2D eigenvalue weighted by atomic mass is 10.0. The molecule has 0 fully saturated rings. The average Bonchev–Trinajstić information content (AvgIpc) is 2.68. The first kappa shape index (κ1) is 17.8. The largest absolute Gasteiger partial charge is 0.346 e. The highest BCUT2D eigenvalue weighted by Crippen LogP contribution is 2.23. The van der Waals surface area contributed by atoms with Gasteiger partial charge in [-0.3, -0.25) is 9.78 Å². The van der Waals surface area contributed by atoms with Crippen LogP contribution in [0.1, 0.15) is 24.2 Å². The second-order valence-electron chi connectivity index (χ2n) is 5.81. The van der Waals surface area contributed by atoms with E-state index in [-0.39, 0.29) is 11.9 Å². The molecule has 0 aliphatic rings. The maximum Gasteiger partial charge on any atom is 0.244 e. The number of rotatable bonds is 5. The number of halogens is 1. The third kappa shape index (κ3) is 4.77. The van der Waals surface area contributed by atoms with Gasteiger partial charge >= 0.3 is 0 Å². The zero-order chi connectivity index (χ0) is 18.4. The van der Waals surface area contributed by atoms with Gasteiger partial charge in [-0.25, -0.2) is 4.98 Å². The average molecular weight is 364 g/mol. The zero-order valence-electron chi connectivity index (χ0n) is 14.3. The van der Waals surface area contributed by atoms with Crippen LogP contribution in [-0.2, 0) is 4.79 Å². The van der Waals surface area contributed by atoms with Gasteiger partial charge in [0.15, 0.2) is 0 Å². The summed E-state index contributed by atoms with van der Waals surface area (Å²) in [5.41, 5.74) is 3.76. The molecular weight excluding hydrogens is 346 g/mol. The van der Waals surface area contributed by atoms with Gasteiger partial charge in [0.2, 0.25) is 5.91 Å². The van der Waals surface area contributed by atoms with Crippen molar-refractivity contribution in [3.8, 4) is 11.1 Å². The topological polar surface area (TPSA) is 54.9 Å². The number of carbonyl (C=O) groups is 1. The van der Waals surface area contributed by atoms with Crippen LogP contribution in [0.2, 0.25) is 5.15 Å². The molecule has 2 heterocycles. The fraction of sp³-hybridized carbons (Fsp3) is 0.0952. The predicted octanol–water partition coefficient (Wildman–Crippen LogP) is 4.69. The third-order valence-corrected chi connectivity index (χ3v) is 4.12. The molecule has 2 aromatic heterocycles. The molecule has 1 amide bonds. The summed E-state index contributed by atoms with van der Waals surface area (Å²) in [4.78, 5) is 20.4. The van der Waals surface area contributed by atoms with Crippen LogP contribution in [0.3, 0.4) is 0 Å². The second-order valence-corrected chi connectivity index (χ2v) is 6.20. The molecule has 0 aliphatic heterocycles. The molecule has 5 heteroatoms. The van der Waals surface area contributed by atoms with Gasteiger partial charge in [0.25, 0.3) is 0 Å². The first-order valence-corrected chi connectivity index (χ1v) is 8.61. The van der Waals surface area contributed by atoms with Crippen LogP contribution < -0.4 is 5.32 Å². The molecule has 0 saturated heterocycles. The van der Waals surface area contributed by atoms with Gasteiger partial charge in [-0.1, -0.05) is 35.9 Å². The summed E-state index contributed by atoms with van der Waals surface area (Å²) in [5.74, 6) is -0.165. The Morgan fingerprint density at radius 1 is 1.08 bits per heavy atom. The maximum atomic E-state index is 12.1. The minimum absolute atomic E-state index is 0.129. The number of nitrogens with zero attached hydrogens (tertiary/aromatic N) is 2. The molecule has 3 rings (SSSR count). The van der Waals surface area contributed by atoms with Crippen LogP contribution in [0.5, 0.6) is 0 Å². The monoisotopic (exact) mass is 363 g/mol. The summed E-state index contributed by atoms with van der Waals surface area (Å²) in [6, 6.07) is 17.1. The summed E-state index contributed by atoms with van der Waals surface area (Å²) < 4.78 is 0. The van der Waals surface area contributed by atoms with E-state index in [9.17, 15) is 4.79 Å². The highest BCUT2D eigenvalue weighted by atomic mass is 35.5. The van der Waals surface area contributed by atoms with Gasteiger partial charge in [0, 0.05) is 24.0 Å². The third-order valence-electron chi connectivity index (χ3n) is 3.90. The van der Waals surface area contributed by atoms with Gasteiger partial charge in [-0.2, -0.15) is 0 Å². The van der Waals surface area contributed by atoms with Crippen molar-refractivity contribution < 1.29 is 4.79 Å². The van der Waals surface area contributed by atoms with E-state index in [1.807, 2.05) is 55.5 Å². The van der Waals surface area contributed by atoms with Crippen LogP contribution >= 0.6 is 11.6 Å². The van der Waals surface area contributed by atoms with Crippen LogP contribution in [-0.4, -0.2) is 15.9 Å². The van der Waals surface area contributed by atoms with E-state index in [1.54, 1.807) is 24.5 Å². The number of hydrogen-bond donors (Lipinski definition) is 1. The first-order valence-electron chi connectivity index (χ1n) is 8.23. The Morgan fingerprint density at radius 2 is 1.96 bits per heavy atom. The smallest absolute Gasteiger partial charge is 0.244 e. The molecule has 0 aliphatic carbocycles. The standard InChI is InChI=1S/C21H18ClN3O/c1-15(25-21(26)11-9-19-7-2-3-12-23-19)16-5-4-6-17(13-16)18-8-10-20(22)24-14-18/h2-15H,1H3,(H,25,26)/b11-9-/t15-/m0/s1. The number of benzene rings is 1. The predicted molar refractivity (Wildman–Crippen MR) is 105 cm³/mol. The lowest BCUT2D eigenvalue weighted by Gasteiger charge is -2.14. The van der Waals surface area contributed by atoms with Crippen LogP contribution in [0, 0.1) is 0 Å². The van der Waals surface area contributed by atoms with Crippen molar-refractivity contribution in [1.29, 1.82) is 0 Å². The molecular formula is C21H18ClN3O.